The van der Waals surface area contributed by atoms with Gasteiger partial charge in [0.15, 0.2) is 0 Å². The van der Waals surface area contributed by atoms with Crippen LogP contribution in [0.15, 0.2) is 0 Å². The molecule has 0 saturated carbocycles. The molecule has 0 bridgehead atoms. The molecule has 0 aromatic rings. The van der Waals surface area contributed by atoms with Crippen LogP contribution in [0.25, 0.3) is 0 Å². The summed E-state index contributed by atoms with van der Waals surface area (Å²) in [6, 6.07) is 0. The lowest BCUT2D eigenvalue weighted by Crippen LogP contribution is -2.40. The van der Waals surface area contributed by atoms with Crippen molar-refractivity contribution in [1.29, 1.82) is 0 Å². The number of aliphatic hydroxyl groups is 2. The van der Waals surface area contributed by atoms with Gasteiger partial charge < -0.3 is 19.7 Å². The van der Waals surface area contributed by atoms with Crippen molar-refractivity contribution in [3.63, 3.8) is 0 Å². The first-order chi connectivity index (χ1) is 10.7. The SMILES string of the molecule is CC[C@H](O)CN1CCOCCN(C[C@@H](O)CC)CCOCC1. The molecule has 1 heterocycles. The first-order valence-corrected chi connectivity index (χ1v) is 8.62. The number of hydrogen-bond acceptors (Lipinski definition) is 6. The van der Waals surface area contributed by atoms with Gasteiger partial charge in [-0.3, -0.25) is 9.80 Å². The zero-order valence-electron chi connectivity index (χ0n) is 14.2. The molecule has 0 unspecified atom stereocenters. The average Bonchev–Trinajstić information content (AvgIpc) is 2.51. The van der Waals surface area contributed by atoms with E-state index in [1.54, 1.807) is 0 Å². The molecule has 6 heteroatoms. The summed E-state index contributed by atoms with van der Waals surface area (Å²) < 4.78 is 11.4. The highest BCUT2D eigenvalue weighted by Gasteiger charge is 2.13. The van der Waals surface area contributed by atoms with Gasteiger partial charge in [-0.1, -0.05) is 13.8 Å². The monoisotopic (exact) mass is 318 g/mol. The molecule has 2 N–H and O–H groups in total. The third-order valence-corrected chi connectivity index (χ3v) is 4.09. The first kappa shape index (κ1) is 19.8. The second-order valence-corrected chi connectivity index (χ2v) is 5.95. The van der Waals surface area contributed by atoms with Crippen molar-refractivity contribution in [2.75, 3.05) is 65.7 Å². The second-order valence-electron chi connectivity index (χ2n) is 5.95. The molecule has 22 heavy (non-hydrogen) atoms. The van der Waals surface area contributed by atoms with Crippen LogP contribution < -0.4 is 0 Å². The third-order valence-electron chi connectivity index (χ3n) is 4.09. The fourth-order valence-corrected chi connectivity index (χ4v) is 2.42. The van der Waals surface area contributed by atoms with Crippen molar-refractivity contribution in [2.24, 2.45) is 0 Å². The highest BCUT2D eigenvalue weighted by Crippen LogP contribution is 2.01. The number of rotatable bonds is 6. The highest BCUT2D eigenvalue weighted by molar-refractivity contribution is 4.66. The average molecular weight is 318 g/mol. The Kier molecular flexibility index (Phi) is 11.0. The van der Waals surface area contributed by atoms with E-state index in [4.69, 9.17) is 9.47 Å². The first-order valence-electron chi connectivity index (χ1n) is 8.62. The van der Waals surface area contributed by atoms with Gasteiger partial charge in [-0.05, 0) is 12.8 Å². The molecular formula is C16H34N2O4. The number of nitrogens with zero attached hydrogens (tertiary/aromatic N) is 2. The van der Waals surface area contributed by atoms with Crippen molar-refractivity contribution in [2.45, 2.75) is 38.9 Å². The molecule has 2 atom stereocenters. The van der Waals surface area contributed by atoms with Gasteiger partial charge in [-0.2, -0.15) is 0 Å². The van der Waals surface area contributed by atoms with Gasteiger partial charge >= 0.3 is 0 Å². The van der Waals surface area contributed by atoms with E-state index in [1.807, 2.05) is 13.8 Å². The Morgan fingerprint density at radius 2 is 1.05 bits per heavy atom. The fourth-order valence-electron chi connectivity index (χ4n) is 2.42. The van der Waals surface area contributed by atoms with Crippen LogP contribution in [0.3, 0.4) is 0 Å². The molecule has 0 aromatic carbocycles. The van der Waals surface area contributed by atoms with Crippen molar-refractivity contribution in [1.82, 2.24) is 9.80 Å². The molecule has 0 radical (unpaired) electrons. The largest absolute Gasteiger partial charge is 0.392 e. The fraction of sp³-hybridized carbons (Fsp3) is 1.00. The Labute approximate surface area is 135 Å². The molecule has 1 saturated heterocycles. The van der Waals surface area contributed by atoms with Crippen molar-refractivity contribution in [3.8, 4) is 0 Å². The minimum absolute atomic E-state index is 0.279. The van der Waals surface area contributed by atoms with Gasteiger partial charge in [-0.15, -0.1) is 0 Å². The van der Waals surface area contributed by atoms with Crippen LogP contribution in [0, 0.1) is 0 Å². The molecule has 1 fully saturated rings. The second kappa shape index (κ2) is 12.2. The predicted molar refractivity (Wildman–Crippen MR) is 87.1 cm³/mol. The summed E-state index contributed by atoms with van der Waals surface area (Å²) in [6.07, 6.45) is 0.984. The normalized spacial score (nSPS) is 23.5. The summed E-state index contributed by atoms with van der Waals surface area (Å²) >= 11 is 0. The van der Waals surface area contributed by atoms with E-state index in [1.165, 1.54) is 0 Å². The highest BCUT2D eigenvalue weighted by atomic mass is 16.5. The Bertz CT molecular complexity index is 231. The Morgan fingerprint density at radius 3 is 1.32 bits per heavy atom. The maximum atomic E-state index is 9.79. The smallest absolute Gasteiger partial charge is 0.0664 e. The van der Waals surface area contributed by atoms with Crippen molar-refractivity contribution < 1.29 is 19.7 Å². The Morgan fingerprint density at radius 1 is 0.727 bits per heavy atom. The molecule has 6 nitrogen and oxygen atoms in total. The van der Waals surface area contributed by atoms with Gasteiger partial charge in [0.1, 0.15) is 0 Å². The van der Waals surface area contributed by atoms with E-state index in [2.05, 4.69) is 9.80 Å². The number of β-amino-alcohol motifs (C(OH)–C–C–N with tert-alkyl or cyclic N) is 2. The Balaban J connectivity index is 2.36. The van der Waals surface area contributed by atoms with Crippen molar-refractivity contribution >= 4 is 0 Å². The minimum atomic E-state index is -0.279. The molecule has 0 aliphatic carbocycles. The standard InChI is InChI=1S/C16H34N2O4/c1-3-15(19)13-17-5-9-21-11-7-18(14-16(20)4-2)8-12-22-10-6-17/h15-16,19-20H,3-14H2,1-2H3/t15-,16-/m0/s1. The number of ether oxygens (including phenoxy) is 2. The summed E-state index contributed by atoms with van der Waals surface area (Å²) in [5.74, 6) is 0. The third kappa shape index (κ3) is 9.02. The summed E-state index contributed by atoms with van der Waals surface area (Å²) in [4.78, 5) is 4.41. The van der Waals surface area contributed by atoms with E-state index < -0.39 is 0 Å². The van der Waals surface area contributed by atoms with Gasteiger partial charge in [0.05, 0.1) is 38.6 Å². The van der Waals surface area contributed by atoms with Crippen LogP contribution >= 0.6 is 0 Å². The maximum Gasteiger partial charge on any atom is 0.0664 e. The summed E-state index contributed by atoms with van der Waals surface area (Å²) in [6.45, 7) is 11.3. The van der Waals surface area contributed by atoms with Crippen LogP contribution in [-0.2, 0) is 9.47 Å². The number of aliphatic hydroxyl groups excluding tert-OH is 2. The van der Waals surface area contributed by atoms with Crippen LogP contribution in [-0.4, -0.2) is 97.9 Å². The zero-order valence-corrected chi connectivity index (χ0v) is 14.2. The quantitative estimate of drug-likeness (QED) is 0.728. The van der Waals surface area contributed by atoms with E-state index in [9.17, 15) is 10.2 Å². The minimum Gasteiger partial charge on any atom is -0.392 e. The van der Waals surface area contributed by atoms with Gasteiger partial charge in [0.2, 0.25) is 0 Å². The van der Waals surface area contributed by atoms with E-state index in [-0.39, 0.29) is 12.2 Å². The number of hydrogen-bond donors (Lipinski definition) is 2. The van der Waals surface area contributed by atoms with Gasteiger partial charge in [0, 0.05) is 39.3 Å². The van der Waals surface area contributed by atoms with Crippen LogP contribution in [0.5, 0.6) is 0 Å². The van der Waals surface area contributed by atoms with Crippen LogP contribution in [0.1, 0.15) is 26.7 Å². The van der Waals surface area contributed by atoms with E-state index in [0.29, 0.717) is 39.5 Å². The van der Waals surface area contributed by atoms with E-state index >= 15 is 0 Å². The molecule has 1 aliphatic rings. The predicted octanol–water partition coefficient (Wildman–Crippen LogP) is 0.179. The summed E-state index contributed by atoms with van der Waals surface area (Å²) in [7, 11) is 0. The molecule has 0 aromatic heterocycles. The van der Waals surface area contributed by atoms with Crippen LogP contribution in [0.4, 0.5) is 0 Å². The Hall–Kier alpha value is -0.240. The molecule has 1 aliphatic heterocycles. The topological polar surface area (TPSA) is 65.4 Å². The maximum absolute atomic E-state index is 9.79. The molecular weight excluding hydrogens is 284 g/mol. The molecule has 0 spiro atoms. The van der Waals surface area contributed by atoms with Crippen molar-refractivity contribution in [3.05, 3.63) is 0 Å². The molecule has 1 rings (SSSR count). The van der Waals surface area contributed by atoms with Gasteiger partial charge in [-0.25, -0.2) is 0 Å². The summed E-state index contributed by atoms with van der Waals surface area (Å²) in [5, 5.41) is 19.6. The summed E-state index contributed by atoms with van der Waals surface area (Å²) in [5.41, 5.74) is 0. The molecule has 132 valence electrons. The lowest BCUT2D eigenvalue weighted by Gasteiger charge is -2.28. The zero-order chi connectivity index (χ0) is 16.2. The lowest BCUT2D eigenvalue weighted by atomic mass is 10.2. The lowest BCUT2D eigenvalue weighted by molar-refractivity contribution is 0.0143. The van der Waals surface area contributed by atoms with Gasteiger partial charge in [0.25, 0.3) is 0 Å². The van der Waals surface area contributed by atoms with Crippen LogP contribution in [0.2, 0.25) is 0 Å². The van der Waals surface area contributed by atoms with E-state index in [0.717, 1.165) is 39.0 Å². The molecule has 0 amide bonds.